The van der Waals surface area contributed by atoms with Gasteiger partial charge < -0.3 is 14.8 Å². The molecule has 1 saturated carbocycles. The fourth-order valence-electron chi connectivity index (χ4n) is 1.84. The lowest BCUT2D eigenvalue weighted by atomic mass is 10.1. The monoisotopic (exact) mass is 263 g/mol. The minimum absolute atomic E-state index is 0.570. The number of hydrogen-bond acceptors (Lipinski definition) is 3. The Kier molecular flexibility index (Phi) is 5.08. The zero-order valence-corrected chi connectivity index (χ0v) is 12.2. The van der Waals surface area contributed by atoms with E-state index in [2.05, 4.69) is 31.3 Å². The highest BCUT2D eigenvalue weighted by Crippen LogP contribution is 2.29. The topological polar surface area (TPSA) is 30.5 Å². The lowest BCUT2D eigenvalue weighted by Crippen LogP contribution is -2.15. The Morgan fingerprint density at radius 1 is 1.32 bits per heavy atom. The van der Waals surface area contributed by atoms with Gasteiger partial charge in [-0.3, -0.25) is 0 Å². The molecular formula is C16H25NO2. The molecule has 0 saturated heterocycles. The zero-order chi connectivity index (χ0) is 13.7. The lowest BCUT2D eigenvalue weighted by molar-refractivity contribution is 0.244. The van der Waals surface area contributed by atoms with E-state index in [1.54, 1.807) is 7.11 Å². The highest BCUT2D eigenvalue weighted by Gasteiger charge is 2.20. The van der Waals surface area contributed by atoms with Crippen LogP contribution in [-0.2, 0) is 6.54 Å². The standard InChI is InChI=1S/C16H25NO2/c1-4-12(2)11-19-15-8-5-13(9-16(15)18-3)10-17-14-6-7-14/h5,8-9,12,14,17H,4,6-7,10-11H2,1-3H3. The number of ether oxygens (including phenoxy) is 2. The molecule has 106 valence electrons. The molecule has 1 aromatic carbocycles. The van der Waals surface area contributed by atoms with Crippen molar-refractivity contribution in [3.8, 4) is 11.5 Å². The first-order valence-electron chi connectivity index (χ1n) is 7.26. The van der Waals surface area contributed by atoms with Gasteiger partial charge in [0.25, 0.3) is 0 Å². The molecule has 0 aliphatic heterocycles. The summed E-state index contributed by atoms with van der Waals surface area (Å²) in [6.07, 6.45) is 3.76. The van der Waals surface area contributed by atoms with Crippen LogP contribution in [0.25, 0.3) is 0 Å². The highest BCUT2D eigenvalue weighted by molar-refractivity contribution is 5.43. The molecule has 1 aliphatic rings. The van der Waals surface area contributed by atoms with Crippen LogP contribution in [0.3, 0.4) is 0 Å². The van der Waals surface area contributed by atoms with E-state index in [1.165, 1.54) is 18.4 Å². The second-order valence-corrected chi connectivity index (χ2v) is 5.46. The van der Waals surface area contributed by atoms with E-state index in [0.29, 0.717) is 5.92 Å². The van der Waals surface area contributed by atoms with E-state index in [-0.39, 0.29) is 0 Å². The Bertz CT molecular complexity index is 402. The molecule has 0 radical (unpaired) electrons. The van der Waals surface area contributed by atoms with Crippen molar-refractivity contribution in [1.82, 2.24) is 5.32 Å². The molecule has 3 nitrogen and oxygen atoms in total. The fourth-order valence-corrected chi connectivity index (χ4v) is 1.84. The average Bonchev–Trinajstić information content (AvgIpc) is 3.26. The van der Waals surface area contributed by atoms with Crippen molar-refractivity contribution >= 4 is 0 Å². The maximum Gasteiger partial charge on any atom is 0.161 e. The molecule has 0 spiro atoms. The predicted octanol–water partition coefficient (Wildman–Crippen LogP) is 3.37. The number of methoxy groups -OCH3 is 1. The van der Waals surface area contributed by atoms with E-state index >= 15 is 0 Å². The molecule has 1 aromatic rings. The van der Waals surface area contributed by atoms with Gasteiger partial charge in [-0.2, -0.15) is 0 Å². The third-order valence-corrected chi connectivity index (χ3v) is 3.62. The molecule has 1 fully saturated rings. The Morgan fingerprint density at radius 3 is 2.74 bits per heavy atom. The van der Waals surface area contributed by atoms with E-state index < -0.39 is 0 Å². The maximum absolute atomic E-state index is 5.83. The van der Waals surface area contributed by atoms with Crippen LogP contribution in [0.1, 0.15) is 38.7 Å². The van der Waals surface area contributed by atoms with Crippen LogP contribution < -0.4 is 14.8 Å². The quantitative estimate of drug-likeness (QED) is 0.780. The van der Waals surface area contributed by atoms with Crippen LogP contribution in [0, 0.1) is 5.92 Å². The Balaban J connectivity index is 1.94. The summed E-state index contributed by atoms with van der Waals surface area (Å²) in [6, 6.07) is 6.93. The molecule has 0 heterocycles. The highest BCUT2D eigenvalue weighted by atomic mass is 16.5. The second-order valence-electron chi connectivity index (χ2n) is 5.46. The first-order valence-corrected chi connectivity index (χ1v) is 7.26. The van der Waals surface area contributed by atoms with Crippen LogP contribution in [-0.4, -0.2) is 19.8 Å². The molecule has 3 heteroatoms. The summed E-state index contributed by atoms with van der Waals surface area (Å²) in [4.78, 5) is 0. The molecule has 1 aliphatic carbocycles. The van der Waals surface area contributed by atoms with Crippen molar-refractivity contribution in [2.45, 2.75) is 45.7 Å². The van der Waals surface area contributed by atoms with E-state index in [1.807, 2.05) is 6.07 Å². The molecule has 1 N–H and O–H groups in total. The van der Waals surface area contributed by atoms with E-state index in [4.69, 9.17) is 9.47 Å². The fraction of sp³-hybridized carbons (Fsp3) is 0.625. The molecule has 1 atom stereocenters. The van der Waals surface area contributed by atoms with Gasteiger partial charge in [-0.1, -0.05) is 26.3 Å². The summed E-state index contributed by atoms with van der Waals surface area (Å²) in [7, 11) is 1.70. The predicted molar refractivity (Wildman–Crippen MR) is 77.8 cm³/mol. The van der Waals surface area contributed by atoms with Crippen LogP contribution in [0.15, 0.2) is 18.2 Å². The van der Waals surface area contributed by atoms with Crippen molar-refractivity contribution in [2.24, 2.45) is 5.92 Å². The van der Waals surface area contributed by atoms with Gasteiger partial charge in [-0.25, -0.2) is 0 Å². The van der Waals surface area contributed by atoms with Crippen molar-refractivity contribution < 1.29 is 9.47 Å². The van der Waals surface area contributed by atoms with Crippen molar-refractivity contribution in [3.63, 3.8) is 0 Å². The first kappa shape index (κ1) is 14.2. The molecule has 0 aromatic heterocycles. The van der Waals surface area contributed by atoms with Gasteiger partial charge in [-0.15, -0.1) is 0 Å². The van der Waals surface area contributed by atoms with Crippen LogP contribution in [0.5, 0.6) is 11.5 Å². The summed E-state index contributed by atoms with van der Waals surface area (Å²) in [5.74, 6) is 2.25. The van der Waals surface area contributed by atoms with Crippen molar-refractivity contribution in [2.75, 3.05) is 13.7 Å². The van der Waals surface area contributed by atoms with E-state index in [9.17, 15) is 0 Å². The van der Waals surface area contributed by atoms with Gasteiger partial charge in [-0.05, 0) is 36.5 Å². The minimum atomic E-state index is 0.570. The van der Waals surface area contributed by atoms with Gasteiger partial charge in [0.05, 0.1) is 13.7 Å². The summed E-state index contributed by atoms with van der Waals surface area (Å²) < 4.78 is 11.2. The first-order chi connectivity index (χ1) is 9.22. The molecule has 2 rings (SSSR count). The third-order valence-electron chi connectivity index (χ3n) is 3.62. The molecule has 19 heavy (non-hydrogen) atoms. The number of nitrogens with one attached hydrogen (secondary N) is 1. The SMILES string of the molecule is CCC(C)COc1ccc(CNC2CC2)cc1OC. The third kappa shape index (κ3) is 4.43. The smallest absolute Gasteiger partial charge is 0.161 e. The minimum Gasteiger partial charge on any atom is -0.493 e. The summed E-state index contributed by atoms with van der Waals surface area (Å²) in [5, 5.41) is 3.51. The van der Waals surface area contributed by atoms with Gasteiger partial charge in [0.2, 0.25) is 0 Å². The number of hydrogen-bond donors (Lipinski definition) is 1. The van der Waals surface area contributed by atoms with Gasteiger partial charge in [0, 0.05) is 12.6 Å². The Morgan fingerprint density at radius 2 is 2.11 bits per heavy atom. The van der Waals surface area contributed by atoms with Crippen LogP contribution >= 0.6 is 0 Å². The summed E-state index contributed by atoms with van der Waals surface area (Å²) in [5.41, 5.74) is 1.25. The van der Waals surface area contributed by atoms with Gasteiger partial charge in [0.1, 0.15) is 0 Å². The largest absolute Gasteiger partial charge is 0.493 e. The van der Waals surface area contributed by atoms with Crippen LogP contribution in [0.2, 0.25) is 0 Å². The van der Waals surface area contributed by atoms with E-state index in [0.717, 1.165) is 37.1 Å². The molecule has 0 amide bonds. The maximum atomic E-state index is 5.83. The Labute approximate surface area is 116 Å². The normalized spacial score (nSPS) is 16.2. The number of benzene rings is 1. The lowest BCUT2D eigenvalue weighted by Gasteiger charge is -2.15. The average molecular weight is 263 g/mol. The second kappa shape index (κ2) is 6.80. The molecule has 0 bridgehead atoms. The van der Waals surface area contributed by atoms with Crippen molar-refractivity contribution in [1.29, 1.82) is 0 Å². The molecule has 1 unspecified atom stereocenters. The molecular weight excluding hydrogens is 238 g/mol. The number of rotatable bonds is 8. The summed E-state index contributed by atoms with van der Waals surface area (Å²) >= 11 is 0. The van der Waals surface area contributed by atoms with Gasteiger partial charge >= 0.3 is 0 Å². The Hall–Kier alpha value is -1.22. The zero-order valence-electron chi connectivity index (χ0n) is 12.2. The van der Waals surface area contributed by atoms with Crippen molar-refractivity contribution in [3.05, 3.63) is 23.8 Å². The summed E-state index contributed by atoms with van der Waals surface area (Å²) in [6.45, 7) is 6.03. The van der Waals surface area contributed by atoms with Gasteiger partial charge in [0.15, 0.2) is 11.5 Å². The van der Waals surface area contributed by atoms with Crippen LogP contribution in [0.4, 0.5) is 0 Å².